The summed E-state index contributed by atoms with van der Waals surface area (Å²) >= 11 is 0. The average Bonchev–Trinajstić information content (AvgIpc) is 3.19. The zero-order valence-electron chi connectivity index (χ0n) is 17.7. The third-order valence-corrected chi connectivity index (χ3v) is 5.26. The minimum Gasteiger partial charge on any atom is -0.496 e. The van der Waals surface area contributed by atoms with Crippen LogP contribution in [0, 0.1) is 0 Å². The van der Waals surface area contributed by atoms with E-state index in [9.17, 15) is 4.79 Å². The Morgan fingerprint density at radius 2 is 1.80 bits per heavy atom. The van der Waals surface area contributed by atoms with E-state index < -0.39 is 0 Å². The quantitative estimate of drug-likeness (QED) is 0.495. The van der Waals surface area contributed by atoms with Crippen LogP contribution in [0.4, 0.5) is 0 Å². The number of rotatable bonds is 6. The monoisotopic (exact) mass is 402 g/mol. The van der Waals surface area contributed by atoms with Gasteiger partial charge in [-0.05, 0) is 29.3 Å². The van der Waals surface area contributed by atoms with Crippen LogP contribution in [0.5, 0.6) is 5.75 Å². The van der Waals surface area contributed by atoms with Crippen LogP contribution >= 0.6 is 0 Å². The fourth-order valence-corrected chi connectivity index (χ4v) is 3.56. The van der Waals surface area contributed by atoms with E-state index in [2.05, 4.69) is 31.3 Å². The molecule has 5 heteroatoms. The molecule has 2 aromatic carbocycles. The Morgan fingerprint density at radius 1 is 1.07 bits per heavy atom. The number of methoxy groups -OCH3 is 1. The van der Waals surface area contributed by atoms with E-state index in [1.54, 1.807) is 24.8 Å². The van der Waals surface area contributed by atoms with Crippen molar-refractivity contribution in [2.45, 2.75) is 26.4 Å². The molecule has 0 saturated heterocycles. The molecule has 2 heterocycles. The average molecular weight is 402 g/mol. The largest absolute Gasteiger partial charge is 0.496 e. The molecule has 154 valence electrons. The van der Waals surface area contributed by atoms with Gasteiger partial charge >= 0.3 is 0 Å². The van der Waals surface area contributed by atoms with E-state index in [1.165, 1.54) is 5.56 Å². The van der Waals surface area contributed by atoms with Gasteiger partial charge in [-0.15, -0.1) is 0 Å². The van der Waals surface area contributed by atoms with Crippen LogP contribution in [0.1, 0.15) is 19.4 Å². The number of furan rings is 1. The van der Waals surface area contributed by atoms with E-state index in [1.807, 2.05) is 42.5 Å². The zero-order chi connectivity index (χ0) is 21.3. The SMILES string of the molecule is COc1ccccc1-c1cc2c(=O)n(C)c(-c3ccc(CNC(C)C)cc3)cc2o1. The molecule has 4 rings (SSSR count). The van der Waals surface area contributed by atoms with Gasteiger partial charge in [0, 0.05) is 25.7 Å². The molecule has 1 N–H and O–H groups in total. The predicted octanol–water partition coefficient (Wildman–Crippen LogP) is 4.97. The first-order chi connectivity index (χ1) is 14.5. The van der Waals surface area contributed by atoms with Gasteiger partial charge in [-0.25, -0.2) is 0 Å². The lowest BCUT2D eigenvalue weighted by Gasteiger charge is -2.11. The van der Waals surface area contributed by atoms with Gasteiger partial charge in [0.05, 0.1) is 23.8 Å². The van der Waals surface area contributed by atoms with Gasteiger partial charge in [-0.3, -0.25) is 4.79 Å². The molecule has 0 spiro atoms. The summed E-state index contributed by atoms with van der Waals surface area (Å²) in [4.78, 5) is 13.0. The van der Waals surface area contributed by atoms with E-state index in [0.29, 0.717) is 28.5 Å². The zero-order valence-corrected chi connectivity index (χ0v) is 17.7. The van der Waals surface area contributed by atoms with Crippen molar-refractivity contribution in [1.82, 2.24) is 9.88 Å². The van der Waals surface area contributed by atoms with Crippen LogP contribution in [-0.2, 0) is 13.6 Å². The molecule has 0 radical (unpaired) electrons. The number of ether oxygens (including phenoxy) is 1. The maximum atomic E-state index is 13.0. The number of nitrogens with one attached hydrogen (secondary N) is 1. The number of nitrogens with zero attached hydrogens (tertiary/aromatic N) is 1. The molecule has 4 aromatic rings. The molecule has 0 saturated carbocycles. The Labute approximate surface area is 175 Å². The summed E-state index contributed by atoms with van der Waals surface area (Å²) in [6.45, 7) is 5.07. The van der Waals surface area contributed by atoms with Crippen LogP contribution in [-0.4, -0.2) is 17.7 Å². The Balaban J connectivity index is 1.75. The summed E-state index contributed by atoms with van der Waals surface area (Å²) in [6, 6.07) is 20.0. The summed E-state index contributed by atoms with van der Waals surface area (Å²) in [5, 5.41) is 3.97. The minimum atomic E-state index is -0.0852. The molecule has 0 aliphatic rings. The van der Waals surface area contributed by atoms with Gasteiger partial charge in [0.25, 0.3) is 5.56 Å². The lowest BCUT2D eigenvalue weighted by Crippen LogP contribution is -2.21. The number of benzene rings is 2. The van der Waals surface area contributed by atoms with Crippen molar-refractivity contribution in [3.63, 3.8) is 0 Å². The first-order valence-electron chi connectivity index (χ1n) is 10.1. The summed E-state index contributed by atoms with van der Waals surface area (Å²) in [6.07, 6.45) is 0. The van der Waals surface area contributed by atoms with Crippen LogP contribution in [0.15, 0.2) is 69.9 Å². The highest BCUT2D eigenvalue weighted by molar-refractivity contribution is 5.86. The molecule has 0 amide bonds. The number of fused-ring (bicyclic) bond motifs is 1. The number of aromatic nitrogens is 1. The van der Waals surface area contributed by atoms with E-state index in [4.69, 9.17) is 9.15 Å². The lowest BCUT2D eigenvalue weighted by atomic mass is 10.1. The normalized spacial score (nSPS) is 11.4. The minimum absolute atomic E-state index is 0.0852. The summed E-state index contributed by atoms with van der Waals surface area (Å²) in [5.41, 5.74) is 4.30. The number of para-hydroxylation sites is 1. The highest BCUT2D eigenvalue weighted by atomic mass is 16.5. The molecule has 0 fully saturated rings. The van der Waals surface area contributed by atoms with Gasteiger partial charge in [0.2, 0.25) is 0 Å². The number of pyridine rings is 1. The molecule has 2 aromatic heterocycles. The Kier molecular flexibility index (Phi) is 5.46. The van der Waals surface area contributed by atoms with Gasteiger partial charge in [0.1, 0.15) is 17.1 Å². The second-order valence-electron chi connectivity index (χ2n) is 7.72. The molecule has 30 heavy (non-hydrogen) atoms. The summed E-state index contributed by atoms with van der Waals surface area (Å²) in [5.74, 6) is 1.33. The second kappa shape index (κ2) is 8.20. The third-order valence-electron chi connectivity index (χ3n) is 5.26. The Hall–Kier alpha value is -3.31. The Morgan fingerprint density at radius 3 is 2.50 bits per heavy atom. The first-order valence-corrected chi connectivity index (χ1v) is 10.1. The van der Waals surface area contributed by atoms with E-state index in [0.717, 1.165) is 23.4 Å². The summed E-state index contributed by atoms with van der Waals surface area (Å²) < 4.78 is 13.2. The van der Waals surface area contributed by atoms with E-state index >= 15 is 0 Å². The van der Waals surface area contributed by atoms with Crippen LogP contribution in [0.25, 0.3) is 33.6 Å². The maximum absolute atomic E-state index is 13.0. The van der Waals surface area contributed by atoms with Crippen molar-refractivity contribution in [3.8, 4) is 28.3 Å². The molecule has 0 atom stereocenters. The lowest BCUT2D eigenvalue weighted by molar-refractivity contribution is 0.415. The second-order valence-corrected chi connectivity index (χ2v) is 7.72. The third kappa shape index (κ3) is 3.76. The molecular formula is C25H26N2O3. The van der Waals surface area contributed by atoms with Crippen molar-refractivity contribution in [3.05, 3.63) is 76.6 Å². The topological polar surface area (TPSA) is 56.4 Å². The van der Waals surface area contributed by atoms with Gasteiger partial charge < -0.3 is 19.0 Å². The molecule has 5 nitrogen and oxygen atoms in total. The molecule has 0 bridgehead atoms. The maximum Gasteiger partial charge on any atom is 0.261 e. The van der Waals surface area contributed by atoms with Crippen LogP contribution in [0.2, 0.25) is 0 Å². The number of hydrogen-bond acceptors (Lipinski definition) is 4. The Bertz CT molecular complexity index is 1230. The van der Waals surface area contributed by atoms with Crippen molar-refractivity contribution in [2.24, 2.45) is 7.05 Å². The van der Waals surface area contributed by atoms with Gasteiger partial charge in [-0.1, -0.05) is 50.2 Å². The molecular weight excluding hydrogens is 376 g/mol. The van der Waals surface area contributed by atoms with Crippen LogP contribution < -0.4 is 15.6 Å². The number of hydrogen-bond donors (Lipinski definition) is 1. The smallest absolute Gasteiger partial charge is 0.261 e. The van der Waals surface area contributed by atoms with Crippen LogP contribution in [0.3, 0.4) is 0 Å². The fourth-order valence-electron chi connectivity index (χ4n) is 3.56. The van der Waals surface area contributed by atoms with Crippen molar-refractivity contribution >= 4 is 11.0 Å². The highest BCUT2D eigenvalue weighted by Gasteiger charge is 2.16. The van der Waals surface area contributed by atoms with Gasteiger partial charge in [-0.2, -0.15) is 0 Å². The molecule has 0 unspecified atom stereocenters. The summed E-state index contributed by atoms with van der Waals surface area (Å²) in [7, 11) is 3.42. The highest BCUT2D eigenvalue weighted by Crippen LogP contribution is 2.34. The standard InChI is InChI=1S/C25H26N2O3/c1-16(2)26-15-17-9-11-18(12-10-17)21-14-24-20(25(28)27(21)3)13-23(30-24)19-7-5-6-8-22(19)29-4/h5-14,16,26H,15H2,1-4H3. The van der Waals surface area contributed by atoms with E-state index in [-0.39, 0.29) is 5.56 Å². The van der Waals surface area contributed by atoms with Crippen molar-refractivity contribution < 1.29 is 9.15 Å². The fraction of sp³-hybridized carbons (Fsp3) is 0.240. The molecule has 0 aliphatic heterocycles. The molecule has 0 aliphatic carbocycles. The van der Waals surface area contributed by atoms with Gasteiger partial charge in [0.15, 0.2) is 0 Å². The van der Waals surface area contributed by atoms with Crippen molar-refractivity contribution in [1.29, 1.82) is 0 Å². The first kappa shape index (κ1) is 20.0. The van der Waals surface area contributed by atoms with Crippen molar-refractivity contribution in [2.75, 3.05) is 7.11 Å². The predicted molar refractivity (Wildman–Crippen MR) is 121 cm³/mol.